The fourth-order valence-electron chi connectivity index (χ4n) is 4.04. The van der Waals surface area contributed by atoms with Crippen molar-refractivity contribution in [1.82, 2.24) is 10.2 Å². The number of carbonyl (C=O) groups excluding carboxylic acids is 3. The number of ether oxygens (including phenoxy) is 2. The first kappa shape index (κ1) is 29.3. The number of hydrogen-bond acceptors (Lipinski definition) is 5. The maximum atomic E-state index is 13.7. The van der Waals surface area contributed by atoms with E-state index in [4.69, 9.17) is 21.1 Å². The Morgan fingerprint density at radius 3 is 2.42 bits per heavy atom. The molecule has 2 aromatic carbocycles. The van der Waals surface area contributed by atoms with Crippen LogP contribution in [0.5, 0.6) is 5.75 Å². The lowest BCUT2D eigenvalue weighted by molar-refractivity contribution is -0.155. The van der Waals surface area contributed by atoms with Crippen molar-refractivity contribution < 1.29 is 37.0 Å². The highest BCUT2D eigenvalue weighted by Gasteiger charge is 2.42. The van der Waals surface area contributed by atoms with Gasteiger partial charge in [0.15, 0.2) is 6.10 Å². The highest BCUT2D eigenvalue weighted by atomic mass is 35.5. The molecule has 0 aromatic heterocycles. The molecule has 206 valence electrons. The van der Waals surface area contributed by atoms with Crippen LogP contribution in [-0.4, -0.2) is 40.9 Å². The standard InChI is InChI=1S/C27H30ClF3N2O5/c1-15(2)23-25(36)33(14-16-7-6-8-17(11-16)27(29,30)31)22(19-12-18(28)9-10-20(19)37-23)24(35)32-13-21(34)38-26(3,4)5/h6-12,15,22-23H,13-14H2,1-5H3,(H,32,35). The van der Waals surface area contributed by atoms with Gasteiger partial charge in [-0.2, -0.15) is 13.2 Å². The summed E-state index contributed by atoms with van der Waals surface area (Å²) in [6.07, 6.45) is -5.61. The maximum Gasteiger partial charge on any atom is 0.416 e. The molecule has 1 aliphatic heterocycles. The number of halogens is 4. The number of benzene rings is 2. The molecule has 11 heteroatoms. The molecule has 2 unspecified atom stereocenters. The second-order valence-corrected chi connectivity index (χ2v) is 10.8. The van der Waals surface area contributed by atoms with Gasteiger partial charge in [0.2, 0.25) is 5.91 Å². The molecule has 7 nitrogen and oxygen atoms in total. The number of alkyl halides is 3. The third-order valence-electron chi connectivity index (χ3n) is 5.65. The van der Waals surface area contributed by atoms with Crippen LogP contribution < -0.4 is 10.1 Å². The van der Waals surface area contributed by atoms with E-state index in [0.717, 1.165) is 17.0 Å². The topological polar surface area (TPSA) is 84.9 Å². The zero-order valence-electron chi connectivity index (χ0n) is 21.7. The first-order valence-electron chi connectivity index (χ1n) is 12.0. The van der Waals surface area contributed by atoms with Gasteiger partial charge in [-0.1, -0.05) is 37.6 Å². The Kier molecular flexibility index (Phi) is 8.65. The number of nitrogens with zero attached hydrogens (tertiary/aromatic N) is 1. The Balaban J connectivity index is 2.06. The molecule has 1 N–H and O–H groups in total. The van der Waals surface area contributed by atoms with Gasteiger partial charge in [0.25, 0.3) is 5.91 Å². The molecule has 0 spiro atoms. The van der Waals surface area contributed by atoms with Gasteiger partial charge in [-0.3, -0.25) is 14.4 Å². The fraction of sp³-hybridized carbons (Fsp3) is 0.444. The zero-order valence-corrected chi connectivity index (χ0v) is 22.4. The number of rotatable bonds is 6. The van der Waals surface area contributed by atoms with Crippen LogP contribution in [0.1, 0.15) is 57.4 Å². The smallest absolute Gasteiger partial charge is 0.416 e. The molecule has 0 fully saturated rings. The van der Waals surface area contributed by atoms with Gasteiger partial charge in [0.05, 0.1) is 5.56 Å². The molecule has 0 radical (unpaired) electrons. The monoisotopic (exact) mass is 554 g/mol. The normalized spacial score (nSPS) is 17.9. The summed E-state index contributed by atoms with van der Waals surface area (Å²) in [5, 5.41) is 2.75. The average molecular weight is 555 g/mol. The maximum absolute atomic E-state index is 13.7. The number of carbonyl (C=O) groups is 3. The van der Waals surface area contributed by atoms with Crippen LogP contribution >= 0.6 is 11.6 Å². The van der Waals surface area contributed by atoms with Crippen molar-refractivity contribution in [2.45, 2.75) is 65.1 Å². The second kappa shape index (κ2) is 11.2. The van der Waals surface area contributed by atoms with Crippen LogP contribution in [0.4, 0.5) is 13.2 Å². The number of fused-ring (bicyclic) bond motifs is 1. The summed E-state index contributed by atoms with van der Waals surface area (Å²) in [7, 11) is 0. The summed E-state index contributed by atoms with van der Waals surface area (Å²) >= 11 is 6.22. The molecule has 0 saturated heterocycles. The van der Waals surface area contributed by atoms with Gasteiger partial charge < -0.3 is 19.7 Å². The predicted octanol–water partition coefficient (Wildman–Crippen LogP) is 5.30. The van der Waals surface area contributed by atoms with E-state index in [1.165, 1.54) is 24.3 Å². The van der Waals surface area contributed by atoms with Crippen molar-refractivity contribution in [1.29, 1.82) is 0 Å². The number of nitrogens with one attached hydrogen (secondary N) is 1. The van der Waals surface area contributed by atoms with E-state index in [1.807, 2.05) is 0 Å². The average Bonchev–Trinajstić information content (AvgIpc) is 2.90. The van der Waals surface area contributed by atoms with Crippen molar-refractivity contribution >= 4 is 29.4 Å². The Morgan fingerprint density at radius 2 is 1.82 bits per heavy atom. The van der Waals surface area contributed by atoms with Crippen molar-refractivity contribution in [2.24, 2.45) is 5.92 Å². The molecule has 0 bridgehead atoms. The predicted molar refractivity (Wildman–Crippen MR) is 134 cm³/mol. The lowest BCUT2D eigenvalue weighted by atomic mass is 10.0. The van der Waals surface area contributed by atoms with Crippen molar-refractivity contribution in [3.8, 4) is 5.75 Å². The molecule has 0 saturated carbocycles. The van der Waals surface area contributed by atoms with E-state index < -0.39 is 53.8 Å². The van der Waals surface area contributed by atoms with E-state index in [1.54, 1.807) is 40.7 Å². The summed E-state index contributed by atoms with van der Waals surface area (Å²) < 4.78 is 51.4. The van der Waals surface area contributed by atoms with E-state index in [2.05, 4.69) is 5.32 Å². The highest BCUT2D eigenvalue weighted by Crippen LogP contribution is 2.39. The molecule has 0 aliphatic carbocycles. The van der Waals surface area contributed by atoms with Gasteiger partial charge in [0, 0.05) is 17.1 Å². The lowest BCUT2D eigenvalue weighted by Crippen LogP contribution is -2.48. The highest BCUT2D eigenvalue weighted by molar-refractivity contribution is 6.30. The van der Waals surface area contributed by atoms with E-state index >= 15 is 0 Å². The summed E-state index contributed by atoms with van der Waals surface area (Å²) in [4.78, 5) is 40.7. The molecule has 38 heavy (non-hydrogen) atoms. The lowest BCUT2D eigenvalue weighted by Gasteiger charge is -2.31. The molecule has 2 atom stereocenters. The molecular weight excluding hydrogens is 525 g/mol. The van der Waals surface area contributed by atoms with Crippen LogP contribution in [0.2, 0.25) is 5.02 Å². The van der Waals surface area contributed by atoms with Gasteiger partial charge >= 0.3 is 12.1 Å². The van der Waals surface area contributed by atoms with Crippen LogP contribution in [-0.2, 0) is 31.8 Å². The quantitative estimate of drug-likeness (QED) is 0.490. The minimum absolute atomic E-state index is 0.158. The molecule has 1 heterocycles. The van der Waals surface area contributed by atoms with Gasteiger partial charge in [-0.25, -0.2) is 0 Å². The third kappa shape index (κ3) is 7.18. The molecular formula is C27H30ClF3N2O5. The summed E-state index contributed by atoms with van der Waals surface area (Å²) in [5.74, 6) is -2.14. The Bertz CT molecular complexity index is 1210. The number of amides is 2. The minimum Gasteiger partial charge on any atom is -0.480 e. The first-order chi connectivity index (χ1) is 17.6. The van der Waals surface area contributed by atoms with Gasteiger partial charge in [-0.15, -0.1) is 0 Å². The van der Waals surface area contributed by atoms with E-state index in [-0.39, 0.29) is 34.4 Å². The summed E-state index contributed by atoms with van der Waals surface area (Å²) in [6.45, 7) is 7.72. The minimum atomic E-state index is -4.59. The van der Waals surface area contributed by atoms with Gasteiger partial charge in [0.1, 0.15) is 23.9 Å². The van der Waals surface area contributed by atoms with Gasteiger partial charge in [-0.05, 0) is 62.6 Å². The molecule has 2 aromatic rings. The van der Waals surface area contributed by atoms with Crippen molar-refractivity contribution in [3.05, 3.63) is 64.2 Å². The number of esters is 1. The number of hydrogen-bond donors (Lipinski definition) is 1. The molecule has 2 amide bonds. The summed E-state index contributed by atoms with van der Waals surface area (Å²) in [6, 6.07) is 7.71. The van der Waals surface area contributed by atoms with Crippen molar-refractivity contribution in [2.75, 3.05) is 6.54 Å². The van der Waals surface area contributed by atoms with Crippen LogP contribution in [0.3, 0.4) is 0 Å². The fourth-order valence-corrected chi connectivity index (χ4v) is 4.22. The zero-order chi connectivity index (χ0) is 28.4. The summed E-state index contributed by atoms with van der Waals surface area (Å²) in [5.41, 5.74) is -1.27. The van der Waals surface area contributed by atoms with Crippen LogP contribution in [0, 0.1) is 5.92 Å². The SMILES string of the molecule is CC(C)C1Oc2ccc(Cl)cc2C(C(=O)NCC(=O)OC(C)(C)C)N(Cc2cccc(C(F)(F)F)c2)C1=O. The third-order valence-corrected chi connectivity index (χ3v) is 5.88. The Labute approximate surface area is 224 Å². The molecule has 3 rings (SSSR count). The Hall–Kier alpha value is -3.27. The second-order valence-electron chi connectivity index (χ2n) is 10.3. The van der Waals surface area contributed by atoms with Crippen LogP contribution in [0.15, 0.2) is 42.5 Å². The van der Waals surface area contributed by atoms with Crippen LogP contribution in [0.25, 0.3) is 0 Å². The molecule has 1 aliphatic rings. The van der Waals surface area contributed by atoms with Crippen molar-refractivity contribution in [3.63, 3.8) is 0 Å². The Morgan fingerprint density at radius 1 is 1.13 bits per heavy atom. The van der Waals surface area contributed by atoms with E-state index in [0.29, 0.717) is 0 Å². The first-order valence-corrected chi connectivity index (χ1v) is 12.4. The van der Waals surface area contributed by atoms with E-state index in [9.17, 15) is 27.6 Å². The largest absolute Gasteiger partial charge is 0.480 e.